The Balaban J connectivity index is 1.81. The molecule has 0 aliphatic heterocycles. The van der Waals surface area contributed by atoms with Crippen LogP contribution in [-0.2, 0) is 20.0 Å². The van der Waals surface area contributed by atoms with Gasteiger partial charge in [-0.25, -0.2) is 31.5 Å². The second-order valence-corrected chi connectivity index (χ2v) is 9.38. The van der Waals surface area contributed by atoms with E-state index in [4.69, 9.17) is 0 Å². The van der Waals surface area contributed by atoms with Gasteiger partial charge in [0.2, 0.25) is 5.95 Å². The van der Waals surface area contributed by atoms with Gasteiger partial charge in [0, 0.05) is 29.7 Å². The molecule has 0 aliphatic carbocycles. The van der Waals surface area contributed by atoms with Crippen molar-refractivity contribution < 1.29 is 21.8 Å². The first-order chi connectivity index (χ1) is 14.1. The third kappa shape index (κ3) is 4.69. The maximum atomic E-state index is 12.5. The van der Waals surface area contributed by atoms with Crippen LogP contribution in [0.25, 0.3) is 0 Å². The number of hydrogen-bond donors (Lipinski definition) is 2. The summed E-state index contributed by atoms with van der Waals surface area (Å²) < 4.78 is 54.2. The summed E-state index contributed by atoms with van der Waals surface area (Å²) in [6, 6.07) is 9.96. The molecule has 0 spiro atoms. The monoisotopic (exact) mass is 449 g/mol. The van der Waals surface area contributed by atoms with Crippen molar-refractivity contribution in [3.05, 3.63) is 76.6 Å². The van der Waals surface area contributed by atoms with E-state index >= 15 is 0 Å². The highest BCUT2D eigenvalue weighted by Crippen LogP contribution is 2.24. The van der Waals surface area contributed by atoms with E-state index in [9.17, 15) is 26.9 Å². The number of anilines is 2. The molecule has 0 atom stereocenters. The maximum Gasteiger partial charge on any atom is 0.273 e. The zero-order chi connectivity index (χ0) is 21.9. The van der Waals surface area contributed by atoms with Crippen molar-refractivity contribution in [1.29, 1.82) is 0 Å². The molecule has 0 bridgehead atoms. The number of sulfonamides is 2. The fraction of sp³-hybridized carbons (Fsp3) is 0.0588. The van der Waals surface area contributed by atoms with Crippen molar-refractivity contribution >= 4 is 37.4 Å². The molecule has 0 amide bonds. The van der Waals surface area contributed by atoms with Gasteiger partial charge in [0.15, 0.2) is 0 Å². The number of nitro groups is 1. The van der Waals surface area contributed by atoms with E-state index in [2.05, 4.69) is 19.4 Å². The second-order valence-electron chi connectivity index (χ2n) is 6.01. The van der Waals surface area contributed by atoms with Crippen LogP contribution in [0.15, 0.2) is 70.7 Å². The van der Waals surface area contributed by atoms with E-state index in [1.165, 1.54) is 61.8 Å². The van der Waals surface area contributed by atoms with E-state index < -0.39 is 25.0 Å². The van der Waals surface area contributed by atoms with Gasteiger partial charge in [-0.05, 0) is 43.3 Å². The highest BCUT2D eigenvalue weighted by atomic mass is 32.2. The van der Waals surface area contributed by atoms with E-state index in [1.807, 2.05) is 0 Å². The summed E-state index contributed by atoms with van der Waals surface area (Å²) in [5.74, 6) is -0.108. The Labute approximate surface area is 172 Å². The van der Waals surface area contributed by atoms with E-state index in [0.29, 0.717) is 5.56 Å². The van der Waals surface area contributed by atoms with Crippen molar-refractivity contribution in [2.24, 2.45) is 0 Å². The van der Waals surface area contributed by atoms with Crippen LogP contribution in [0.5, 0.6) is 0 Å². The van der Waals surface area contributed by atoms with Gasteiger partial charge < -0.3 is 0 Å². The molecule has 2 aromatic carbocycles. The fourth-order valence-corrected chi connectivity index (χ4v) is 4.44. The molecule has 0 saturated heterocycles. The Hall–Kier alpha value is -3.58. The van der Waals surface area contributed by atoms with Crippen LogP contribution in [0.1, 0.15) is 5.56 Å². The first kappa shape index (κ1) is 21.1. The summed E-state index contributed by atoms with van der Waals surface area (Å²) in [5.41, 5.74) is 0.0741. The van der Waals surface area contributed by atoms with Crippen LogP contribution in [0.3, 0.4) is 0 Å². The van der Waals surface area contributed by atoms with E-state index in [1.54, 1.807) is 0 Å². The Morgan fingerprint density at radius 2 is 1.43 bits per heavy atom. The average molecular weight is 449 g/mol. The lowest BCUT2D eigenvalue weighted by molar-refractivity contribution is -0.385. The van der Waals surface area contributed by atoms with Gasteiger partial charge in [-0.1, -0.05) is 6.07 Å². The lowest BCUT2D eigenvalue weighted by Gasteiger charge is -2.10. The summed E-state index contributed by atoms with van der Waals surface area (Å²) in [4.78, 5) is 17.5. The number of benzene rings is 2. The summed E-state index contributed by atoms with van der Waals surface area (Å²) >= 11 is 0. The molecule has 3 rings (SSSR count). The molecule has 0 fully saturated rings. The van der Waals surface area contributed by atoms with Gasteiger partial charge in [-0.15, -0.1) is 0 Å². The molecule has 0 unspecified atom stereocenters. The summed E-state index contributed by atoms with van der Waals surface area (Å²) in [6.45, 7) is 1.50. The third-order valence-electron chi connectivity index (χ3n) is 3.90. The average Bonchev–Trinajstić information content (AvgIpc) is 2.68. The smallest absolute Gasteiger partial charge is 0.273 e. The minimum Gasteiger partial charge on any atom is -0.280 e. The van der Waals surface area contributed by atoms with Crippen LogP contribution in [-0.4, -0.2) is 31.7 Å². The lowest BCUT2D eigenvalue weighted by Crippen LogP contribution is -2.16. The predicted molar refractivity (Wildman–Crippen MR) is 108 cm³/mol. The van der Waals surface area contributed by atoms with Gasteiger partial charge in [-0.3, -0.25) is 14.8 Å². The fourth-order valence-electron chi connectivity index (χ4n) is 2.40. The van der Waals surface area contributed by atoms with Crippen molar-refractivity contribution in [2.75, 3.05) is 9.44 Å². The minimum atomic E-state index is -4.12. The number of nitro benzene ring substituents is 1. The van der Waals surface area contributed by atoms with Gasteiger partial charge in [-0.2, -0.15) is 0 Å². The van der Waals surface area contributed by atoms with Gasteiger partial charge in [0.05, 0.1) is 14.7 Å². The maximum absolute atomic E-state index is 12.5. The summed E-state index contributed by atoms with van der Waals surface area (Å²) in [7, 11) is -8.10. The van der Waals surface area contributed by atoms with Crippen LogP contribution in [0, 0.1) is 17.0 Å². The SMILES string of the molecule is Cc1ccc(S(=O)(=O)Nc2ccc(S(=O)(=O)Nc3ncccn3)cc2)cc1[N+](=O)[O-]. The van der Waals surface area contributed by atoms with E-state index in [0.717, 1.165) is 6.07 Å². The molecule has 0 saturated carbocycles. The minimum absolute atomic E-state index is 0.0770. The van der Waals surface area contributed by atoms with Crippen molar-refractivity contribution in [3.63, 3.8) is 0 Å². The molecule has 156 valence electrons. The number of aryl methyl sites for hydroxylation is 1. The normalized spacial score (nSPS) is 11.6. The van der Waals surface area contributed by atoms with E-state index in [-0.39, 0.29) is 27.1 Å². The predicted octanol–water partition coefficient (Wildman–Crippen LogP) is 2.29. The molecule has 30 heavy (non-hydrogen) atoms. The second kappa shape index (κ2) is 8.04. The molecular weight excluding hydrogens is 434 g/mol. The summed E-state index contributed by atoms with van der Waals surface area (Å²) in [5, 5.41) is 11.0. The first-order valence-corrected chi connectivity index (χ1v) is 11.2. The Bertz CT molecular complexity index is 1290. The molecule has 11 nitrogen and oxygen atoms in total. The number of hydrogen-bond acceptors (Lipinski definition) is 8. The molecular formula is C17H15N5O6S2. The molecule has 1 heterocycles. The topological polar surface area (TPSA) is 161 Å². The zero-order valence-electron chi connectivity index (χ0n) is 15.4. The van der Waals surface area contributed by atoms with Gasteiger partial charge >= 0.3 is 0 Å². The molecule has 2 N–H and O–H groups in total. The van der Waals surface area contributed by atoms with Gasteiger partial charge in [0.25, 0.3) is 25.7 Å². The third-order valence-corrected chi connectivity index (χ3v) is 6.62. The van der Waals surface area contributed by atoms with Crippen LogP contribution >= 0.6 is 0 Å². The Morgan fingerprint density at radius 3 is 2.03 bits per heavy atom. The molecule has 0 aliphatic rings. The Morgan fingerprint density at radius 1 is 0.867 bits per heavy atom. The number of nitrogens with one attached hydrogen (secondary N) is 2. The van der Waals surface area contributed by atoms with Crippen LogP contribution in [0.2, 0.25) is 0 Å². The van der Waals surface area contributed by atoms with Crippen LogP contribution in [0.4, 0.5) is 17.3 Å². The number of nitrogens with zero attached hydrogens (tertiary/aromatic N) is 3. The molecule has 3 aromatic rings. The lowest BCUT2D eigenvalue weighted by atomic mass is 10.2. The number of aromatic nitrogens is 2. The zero-order valence-corrected chi connectivity index (χ0v) is 17.0. The number of rotatable bonds is 7. The first-order valence-electron chi connectivity index (χ1n) is 8.26. The highest BCUT2D eigenvalue weighted by molar-refractivity contribution is 7.93. The van der Waals surface area contributed by atoms with Crippen molar-refractivity contribution in [3.8, 4) is 0 Å². The quantitative estimate of drug-likeness (QED) is 0.410. The Kier molecular flexibility index (Phi) is 5.67. The molecule has 13 heteroatoms. The van der Waals surface area contributed by atoms with Crippen molar-refractivity contribution in [1.82, 2.24) is 9.97 Å². The molecule has 0 radical (unpaired) electrons. The summed E-state index contributed by atoms with van der Waals surface area (Å²) in [6.07, 6.45) is 2.75. The standard InChI is InChI=1S/C17H15N5O6S2/c1-12-3-6-15(11-16(12)22(23)24)30(27,28)20-13-4-7-14(8-5-13)29(25,26)21-17-18-9-2-10-19-17/h2-11,20H,1H3,(H,18,19,21). The van der Waals surface area contributed by atoms with Gasteiger partial charge in [0.1, 0.15) is 0 Å². The highest BCUT2D eigenvalue weighted by Gasteiger charge is 2.21. The molecule has 1 aromatic heterocycles. The van der Waals surface area contributed by atoms with Crippen molar-refractivity contribution in [2.45, 2.75) is 16.7 Å². The van der Waals surface area contributed by atoms with Crippen LogP contribution < -0.4 is 9.44 Å². The largest absolute Gasteiger partial charge is 0.280 e.